The van der Waals surface area contributed by atoms with Gasteiger partial charge in [0.05, 0.1) is 0 Å². The predicted octanol–water partition coefficient (Wildman–Crippen LogP) is 4.64. The van der Waals surface area contributed by atoms with Gasteiger partial charge in [-0.1, -0.05) is 30.3 Å². The highest BCUT2D eigenvalue weighted by Crippen LogP contribution is 2.25. The van der Waals surface area contributed by atoms with Gasteiger partial charge < -0.3 is 5.32 Å². The Morgan fingerprint density at radius 3 is 2.28 bits per heavy atom. The van der Waals surface area contributed by atoms with Gasteiger partial charge in [-0.2, -0.15) is 0 Å². The quantitative estimate of drug-likeness (QED) is 0.801. The van der Waals surface area contributed by atoms with E-state index in [4.69, 9.17) is 0 Å². The van der Waals surface area contributed by atoms with E-state index in [-0.39, 0.29) is 0 Å². The molecular weight excluding hydrogens is 238 g/mol. The number of hydrogen-bond acceptors (Lipinski definition) is 2. The fraction of sp³-hybridized carbons (Fsp3) is 0.250. The van der Waals surface area contributed by atoms with Crippen molar-refractivity contribution in [2.75, 3.05) is 11.6 Å². The first-order chi connectivity index (χ1) is 8.72. The Morgan fingerprint density at radius 1 is 0.944 bits per heavy atom. The molecule has 2 rings (SSSR count). The fourth-order valence-corrected chi connectivity index (χ4v) is 2.68. The zero-order chi connectivity index (χ0) is 13.0. The molecular formula is C16H19NS. The van der Waals surface area contributed by atoms with Gasteiger partial charge in [-0.15, -0.1) is 11.8 Å². The van der Waals surface area contributed by atoms with Gasteiger partial charge in [-0.3, -0.25) is 0 Å². The summed E-state index contributed by atoms with van der Waals surface area (Å²) in [4.78, 5) is 1.30. The Balaban J connectivity index is 2.16. The van der Waals surface area contributed by atoms with Crippen molar-refractivity contribution in [3.8, 4) is 0 Å². The van der Waals surface area contributed by atoms with Crippen molar-refractivity contribution in [1.29, 1.82) is 0 Å². The Morgan fingerprint density at radius 2 is 1.61 bits per heavy atom. The lowest BCUT2D eigenvalue weighted by Crippen LogP contribution is -2.04. The van der Waals surface area contributed by atoms with E-state index in [0.29, 0.717) is 0 Å². The van der Waals surface area contributed by atoms with E-state index < -0.39 is 0 Å². The molecule has 2 heteroatoms. The van der Waals surface area contributed by atoms with Gasteiger partial charge >= 0.3 is 0 Å². The van der Waals surface area contributed by atoms with Gasteiger partial charge in [0.15, 0.2) is 0 Å². The summed E-state index contributed by atoms with van der Waals surface area (Å²) in [6.07, 6.45) is 2.11. The molecule has 1 N–H and O–H groups in total. The van der Waals surface area contributed by atoms with E-state index in [2.05, 4.69) is 67.9 Å². The molecule has 0 saturated carbocycles. The summed E-state index contributed by atoms with van der Waals surface area (Å²) in [5.74, 6) is 0. The van der Waals surface area contributed by atoms with E-state index in [1.807, 2.05) is 0 Å². The molecule has 0 aromatic heterocycles. The van der Waals surface area contributed by atoms with Crippen molar-refractivity contribution in [2.45, 2.75) is 25.3 Å². The van der Waals surface area contributed by atoms with Crippen LogP contribution in [0.1, 0.15) is 16.7 Å². The van der Waals surface area contributed by atoms with E-state index >= 15 is 0 Å². The Bertz CT molecular complexity index is 514. The second-order valence-electron chi connectivity index (χ2n) is 4.42. The molecule has 18 heavy (non-hydrogen) atoms. The van der Waals surface area contributed by atoms with E-state index in [9.17, 15) is 0 Å². The average molecular weight is 257 g/mol. The zero-order valence-corrected chi connectivity index (χ0v) is 12.0. The van der Waals surface area contributed by atoms with Crippen LogP contribution in [0.15, 0.2) is 47.4 Å². The zero-order valence-electron chi connectivity index (χ0n) is 11.2. The molecule has 94 valence electrons. The van der Waals surface area contributed by atoms with E-state index in [0.717, 1.165) is 6.54 Å². The minimum Gasteiger partial charge on any atom is -0.380 e. The molecule has 0 amide bonds. The summed E-state index contributed by atoms with van der Waals surface area (Å²) in [6.45, 7) is 5.23. The Labute approximate surface area is 114 Å². The highest BCUT2D eigenvalue weighted by molar-refractivity contribution is 7.98. The number of aryl methyl sites for hydroxylation is 2. The second kappa shape index (κ2) is 5.96. The molecule has 0 unspecified atom stereocenters. The minimum atomic E-state index is 0.885. The average Bonchev–Trinajstić information content (AvgIpc) is 2.38. The van der Waals surface area contributed by atoms with Crippen LogP contribution in [0.4, 0.5) is 5.69 Å². The van der Waals surface area contributed by atoms with Crippen LogP contribution in [0.25, 0.3) is 0 Å². The molecule has 0 heterocycles. The lowest BCUT2D eigenvalue weighted by Gasteiger charge is -2.14. The topological polar surface area (TPSA) is 12.0 Å². The van der Waals surface area contributed by atoms with Crippen molar-refractivity contribution in [1.82, 2.24) is 0 Å². The SMILES string of the molecule is CSc1ccccc1NCc1c(C)cccc1C. The Hall–Kier alpha value is -1.41. The first-order valence-corrected chi connectivity index (χ1v) is 7.37. The molecule has 0 spiro atoms. The summed E-state index contributed by atoms with van der Waals surface area (Å²) < 4.78 is 0. The van der Waals surface area contributed by atoms with Crippen LogP contribution in [0, 0.1) is 13.8 Å². The van der Waals surface area contributed by atoms with Crippen molar-refractivity contribution in [3.63, 3.8) is 0 Å². The molecule has 0 fully saturated rings. The number of para-hydroxylation sites is 1. The number of hydrogen-bond donors (Lipinski definition) is 1. The third-order valence-corrected chi connectivity index (χ3v) is 4.00. The first kappa shape index (κ1) is 13.0. The molecule has 0 aliphatic heterocycles. The number of nitrogens with one attached hydrogen (secondary N) is 1. The first-order valence-electron chi connectivity index (χ1n) is 6.14. The van der Waals surface area contributed by atoms with Crippen LogP contribution >= 0.6 is 11.8 Å². The highest BCUT2D eigenvalue weighted by Gasteiger charge is 2.04. The van der Waals surface area contributed by atoms with Gasteiger partial charge in [-0.25, -0.2) is 0 Å². The molecule has 0 atom stereocenters. The lowest BCUT2D eigenvalue weighted by molar-refractivity contribution is 1.08. The van der Waals surface area contributed by atoms with Crippen molar-refractivity contribution in [2.24, 2.45) is 0 Å². The highest BCUT2D eigenvalue weighted by atomic mass is 32.2. The van der Waals surface area contributed by atoms with Gasteiger partial charge in [0.1, 0.15) is 0 Å². The largest absolute Gasteiger partial charge is 0.380 e. The van der Waals surface area contributed by atoms with Gasteiger partial charge in [0, 0.05) is 17.1 Å². The normalized spacial score (nSPS) is 10.4. The van der Waals surface area contributed by atoms with E-state index in [1.54, 1.807) is 11.8 Å². The monoisotopic (exact) mass is 257 g/mol. The van der Waals surface area contributed by atoms with Crippen molar-refractivity contribution < 1.29 is 0 Å². The fourth-order valence-electron chi connectivity index (χ4n) is 2.10. The lowest BCUT2D eigenvalue weighted by atomic mass is 10.0. The van der Waals surface area contributed by atoms with Gasteiger partial charge in [-0.05, 0) is 48.9 Å². The molecule has 0 bridgehead atoms. The smallest absolute Gasteiger partial charge is 0.0480 e. The third-order valence-electron chi connectivity index (χ3n) is 3.21. The van der Waals surface area contributed by atoms with Crippen LogP contribution in [0.2, 0.25) is 0 Å². The summed E-state index contributed by atoms with van der Waals surface area (Å²) in [5, 5.41) is 3.54. The van der Waals surface area contributed by atoms with Gasteiger partial charge in [0.25, 0.3) is 0 Å². The number of anilines is 1. The Kier molecular flexibility index (Phi) is 4.32. The molecule has 1 nitrogen and oxygen atoms in total. The molecule has 0 aliphatic rings. The molecule has 0 saturated heterocycles. The van der Waals surface area contributed by atoms with Crippen LogP contribution < -0.4 is 5.32 Å². The molecule has 0 aliphatic carbocycles. The number of thioether (sulfide) groups is 1. The standard InChI is InChI=1S/C16H19NS/c1-12-7-6-8-13(2)14(12)11-17-15-9-4-5-10-16(15)18-3/h4-10,17H,11H2,1-3H3. The van der Waals surface area contributed by atoms with Crippen LogP contribution in [-0.2, 0) is 6.54 Å². The molecule has 0 radical (unpaired) electrons. The van der Waals surface area contributed by atoms with Gasteiger partial charge in [0.2, 0.25) is 0 Å². The molecule has 2 aromatic rings. The second-order valence-corrected chi connectivity index (χ2v) is 5.27. The molecule has 2 aromatic carbocycles. The van der Waals surface area contributed by atoms with Crippen LogP contribution in [-0.4, -0.2) is 6.26 Å². The van der Waals surface area contributed by atoms with Crippen molar-refractivity contribution in [3.05, 3.63) is 59.2 Å². The summed E-state index contributed by atoms with van der Waals surface area (Å²) >= 11 is 1.78. The maximum Gasteiger partial charge on any atom is 0.0480 e. The van der Waals surface area contributed by atoms with Crippen LogP contribution in [0.5, 0.6) is 0 Å². The summed E-state index contributed by atoms with van der Waals surface area (Å²) in [7, 11) is 0. The maximum absolute atomic E-state index is 3.54. The summed E-state index contributed by atoms with van der Waals surface area (Å²) in [6, 6.07) is 14.9. The van der Waals surface area contributed by atoms with Crippen LogP contribution in [0.3, 0.4) is 0 Å². The maximum atomic E-state index is 3.54. The minimum absolute atomic E-state index is 0.885. The number of benzene rings is 2. The number of rotatable bonds is 4. The predicted molar refractivity (Wildman–Crippen MR) is 81.5 cm³/mol. The summed E-state index contributed by atoms with van der Waals surface area (Å²) in [5.41, 5.74) is 5.31. The van der Waals surface area contributed by atoms with E-state index in [1.165, 1.54) is 27.3 Å². The van der Waals surface area contributed by atoms with Crippen molar-refractivity contribution >= 4 is 17.4 Å². The third kappa shape index (κ3) is 2.88.